The fourth-order valence-electron chi connectivity index (χ4n) is 4.46. The normalized spacial score (nSPS) is 52.1. The first-order chi connectivity index (χ1) is 10.6. The van der Waals surface area contributed by atoms with Crippen LogP contribution in [0.25, 0.3) is 0 Å². The van der Waals surface area contributed by atoms with Gasteiger partial charge in [-0.2, -0.15) is 0 Å². The van der Waals surface area contributed by atoms with Crippen molar-refractivity contribution in [3.63, 3.8) is 0 Å². The fourth-order valence-corrected chi connectivity index (χ4v) is 4.46. The van der Waals surface area contributed by atoms with Gasteiger partial charge in [0.15, 0.2) is 6.29 Å². The minimum atomic E-state index is -1.45. The van der Waals surface area contributed by atoms with Crippen LogP contribution in [0.4, 0.5) is 0 Å². The number of fused-ring (bicyclic) bond motifs is 2. The summed E-state index contributed by atoms with van der Waals surface area (Å²) in [6.07, 6.45) is -5.66. The van der Waals surface area contributed by atoms with Gasteiger partial charge in [0, 0.05) is 11.8 Å². The molecule has 0 amide bonds. The molecule has 3 fully saturated rings. The molecular formula is C16H26O7. The predicted octanol–water partition coefficient (Wildman–Crippen LogP) is -0.803. The number of hydrogen-bond donors (Lipinski definition) is 4. The van der Waals surface area contributed by atoms with E-state index in [-0.39, 0.29) is 23.2 Å². The molecule has 0 aromatic rings. The van der Waals surface area contributed by atoms with Gasteiger partial charge in [-0.15, -0.1) is 0 Å². The van der Waals surface area contributed by atoms with Gasteiger partial charge < -0.3 is 29.9 Å². The molecule has 1 heterocycles. The molecule has 0 unspecified atom stereocenters. The Morgan fingerprint density at radius 3 is 2.30 bits per heavy atom. The number of aliphatic hydroxyl groups excluding tert-OH is 4. The van der Waals surface area contributed by atoms with Crippen molar-refractivity contribution in [2.45, 2.75) is 70.4 Å². The van der Waals surface area contributed by atoms with Crippen LogP contribution < -0.4 is 0 Å². The Balaban J connectivity index is 1.75. The molecule has 132 valence electrons. The van der Waals surface area contributed by atoms with Gasteiger partial charge in [-0.3, -0.25) is 4.79 Å². The van der Waals surface area contributed by atoms with E-state index in [1.165, 1.54) is 0 Å². The second kappa shape index (κ2) is 5.47. The van der Waals surface area contributed by atoms with Crippen molar-refractivity contribution in [3.05, 3.63) is 0 Å². The van der Waals surface area contributed by atoms with Gasteiger partial charge in [0.1, 0.15) is 30.2 Å². The van der Waals surface area contributed by atoms with Crippen LogP contribution in [0.15, 0.2) is 0 Å². The summed E-state index contributed by atoms with van der Waals surface area (Å²) in [6.45, 7) is 5.57. The molecule has 3 aliphatic rings. The zero-order valence-corrected chi connectivity index (χ0v) is 13.7. The molecular weight excluding hydrogens is 304 g/mol. The van der Waals surface area contributed by atoms with Crippen LogP contribution >= 0.6 is 0 Å². The molecule has 1 saturated heterocycles. The average molecular weight is 330 g/mol. The maximum atomic E-state index is 12.2. The highest BCUT2D eigenvalue weighted by Crippen LogP contribution is 2.64. The van der Waals surface area contributed by atoms with Gasteiger partial charge in [0.2, 0.25) is 0 Å². The molecule has 2 bridgehead atoms. The molecule has 2 aliphatic carbocycles. The first kappa shape index (κ1) is 17.3. The first-order valence-corrected chi connectivity index (χ1v) is 8.12. The quantitative estimate of drug-likeness (QED) is 0.535. The van der Waals surface area contributed by atoms with Crippen LogP contribution in [0, 0.1) is 16.7 Å². The van der Waals surface area contributed by atoms with E-state index in [2.05, 4.69) is 13.8 Å². The lowest BCUT2D eigenvalue weighted by atomic mass is 9.70. The molecule has 4 N–H and O–H groups in total. The smallest absolute Gasteiger partial charge is 0.186 e. The summed E-state index contributed by atoms with van der Waals surface area (Å²) >= 11 is 0. The fraction of sp³-hybridized carbons (Fsp3) is 0.938. The Bertz CT molecular complexity index is 491. The average Bonchev–Trinajstić information content (AvgIpc) is 2.78. The van der Waals surface area contributed by atoms with E-state index in [0.29, 0.717) is 12.8 Å². The summed E-state index contributed by atoms with van der Waals surface area (Å²) in [5.74, 6) is 0.258. The van der Waals surface area contributed by atoms with Crippen LogP contribution in [0.2, 0.25) is 0 Å². The van der Waals surface area contributed by atoms with Crippen molar-refractivity contribution < 1.29 is 34.7 Å². The van der Waals surface area contributed by atoms with Crippen molar-refractivity contribution in [1.82, 2.24) is 0 Å². The Hall–Kier alpha value is -0.570. The Morgan fingerprint density at radius 1 is 1.17 bits per heavy atom. The number of ketones is 1. The molecule has 1 aliphatic heterocycles. The standard InChI is InChI=1S/C16H26O7/c1-15(2)7-4-10(18)16(15,3)5-8(7)22-14-13(21)12(20)11(19)9(6-17)23-14/h7-9,11-14,17,19-21H,4-6H2,1-3H3/t7-,8-,9+,11+,12-,13+,14+,16-/m0/s1. The van der Waals surface area contributed by atoms with Gasteiger partial charge in [-0.05, 0) is 17.8 Å². The largest absolute Gasteiger partial charge is 0.394 e. The molecule has 0 spiro atoms. The Labute approximate surface area is 135 Å². The third-order valence-electron chi connectivity index (χ3n) is 6.59. The van der Waals surface area contributed by atoms with E-state index in [1.54, 1.807) is 0 Å². The number of carbonyl (C=O) groups excluding carboxylic acids is 1. The molecule has 7 nitrogen and oxygen atoms in total. The predicted molar refractivity (Wildman–Crippen MR) is 78.3 cm³/mol. The zero-order chi connectivity index (χ0) is 17.2. The highest BCUT2D eigenvalue weighted by atomic mass is 16.7. The monoisotopic (exact) mass is 330 g/mol. The van der Waals surface area contributed by atoms with E-state index in [1.807, 2.05) is 6.92 Å². The van der Waals surface area contributed by atoms with Crippen LogP contribution in [-0.4, -0.2) is 69.6 Å². The van der Waals surface area contributed by atoms with Gasteiger partial charge in [0.05, 0.1) is 12.7 Å². The molecule has 0 aromatic carbocycles. The zero-order valence-electron chi connectivity index (χ0n) is 13.7. The van der Waals surface area contributed by atoms with Crippen molar-refractivity contribution in [3.8, 4) is 0 Å². The number of ether oxygens (including phenoxy) is 2. The van der Waals surface area contributed by atoms with Crippen LogP contribution in [-0.2, 0) is 14.3 Å². The van der Waals surface area contributed by atoms with Crippen LogP contribution in [0.5, 0.6) is 0 Å². The summed E-state index contributed by atoms with van der Waals surface area (Å²) < 4.78 is 11.3. The number of Topliss-reactive ketones (excluding diaryl/α,β-unsaturated/α-hetero) is 1. The summed E-state index contributed by atoms with van der Waals surface area (Å²) in [5.41, 5.74) is -0.667. The molecule has 0 aromatic heterocycles. The molecule has 8 atom stereocenters. The number of carbonyl (C=O) groups is 1. The van der Waals surface area contributed by atoms with Crippen LogP contribution in [0.3, 0.4) is 0 Å². The molecule has 3 rings (SSSR count). The summed E-state index contributed by atoms with van der Waals surface area (Å²) in [6, 6.07) is 0. The Kier molecular flexibility index (Phi) is 4.11. The second-order valence-electron chi connectivity index (χ2n) is 7.86. The summed E-state index contributed by atoms with van der Waals surface area (Å²) in [7, 11) is 0. The third-order valence-corrected chi connectivity index (χ3v) is 6.59. The number of aliphatic hydroxyl groups is 4. The summed E-state index contributed by atoms with van der Waals surface area (Å²) in [5, 5.41) is 39.0. The van der Waals surface area contributed by atoms with Crippen LogP contribution in [0.1, 0.15) is 33.6 Å². The van der Waals surface area contributed by atoms with Gasteiger partial charge >= 0.3 is 0 Å². The highest BCUT2D eigenvalue weighted by molar-refractivity contribution is 5.89. The molecule has 0 radical (unpaired) electrons. The van der Waals surface area contributed by atoms with Gasteiger partial charge in [-0.1, -0.05) is 20.8 Å². The van der Waals surface area contributed by atoms with Crippen molar-refractivity contribution in [1.29, 1.82) is 0 Å². The second-order valence-corrected chi connectivity index (χ2v) is 7.86. The first-order valence-electron chi connectivity index (χ1n) is 8.12. The molecule has 7 heteroatoms. The number of rotatable bonds is 3. The maximum Gasteiger partial charge on any atom is 0.186 e. The number of hydrogen-bond acceptors (Lipinski definition) is 7. The minimum Gasteiger partial charge on any atom is -0.394 e. The van der Waals surface area contributed by atoms with Crippen molar-refractivity contribution in [2.75, 3.05) is 6.61 Å². The van der Waals surface area contributed by atoms with E-state index in [0.717, 1.165) is 0 Å². The van der Waals surface area contributed by atoms with Crippen molar-refractivity contribution >= 4 is 5.78 Å². The lowest BCUT2D eigenvalue weighted by Crippen LogP contribution is -2.60. The van der Waals surface area contributed by atoms with E-state index in [9.17, 15) is 25.2 Å². The maximum absolute atomic E-state index is 12.2. The SMILES string of the molecule is CC1(C)[C@H]2CC(=O)[C@]1(C)C[C@@H]2O[C@@H]1O[C@H](CO)[C@@H](O)[C@H](O)[C@H]1O. The van der Waals surface area contributed by atoms with E-state index < -0.39 is 42.7 Å². The van der Waals surface area contributed by atoms with Gasteiger partial charge in [0.25, 0.3) is 0 Å². The third kappa shape index (κ3) is 2.29. The van der Waals surface area contributed by atoms with E-state index >= 15 is 0 Å². The minimum absolute atomic E-state index is 0.0207. The lowest BCUT2D eigenvalue weighted by Gasteiger charge is -2.41. The lowest BCUT2D eigenvalue weighted by molar-refractivity contribution is -0.314. The highest BCUT2D eigenvalue weighted by Gasteiger charge is 2.66. The topological polar surface area (TPSA) is 116 Å². The van der Waals surface area contributed by atoms with Crippen molar-refractivity contribution in [2.24, 2.45) is 16.7 Å². The molecule has 23 heavy (non-hydrogen) atoms. The molecule has 2 saturated carbocycles. The van der Waals surface area contributed by atoms with E-state index in [4.69, 9.17) is 9.47 Å². The Morgan fingerprint density at radius 2 is 1.83 bits per heavy atom. The van der Waals surface area contributed by atoms with Gasteiger partial charge in [-0.25, -0.2) is 0 Å². The summed E-state index contributed by atoms with van der Waals surface area (Å²) in [4.78, 5) is 12.2.